The van der Waals surface area contributed by atoms with Gasteiger partial charge in [0.1, 0.15) is 18.5 Å². The largest absolute Gasteiger partial charge is 0.490 e. The Morgan fingerprint density at radius 3 is 2.82 bits per heavy atom. The molecular weight excluding hydrogens is 278 g/mol. The van der Waals surface area contributed by atoms with E-state index in [2.05, 4.69) is 17.0 Å². The molecule has 1 heterocycles. The summed E-state index contributed by atoms with van der Waals surface area (Å²) in [5.41, 5.74) is 1.59. The van der Waals surface area contributed by atoms with Crippen molar-refractivity contribution in [3.63, 3.8) is 0 Å². The van der Waals surface area contributed by atoms with Gasteiger partial charge < -0.3 is 15.2 Å². The monoisotopic (exact) mass is 301 g/mol. The van der Waals surface area contributed by atoms with Crippen LogP contribution in [0.2, 0.25) is 0 Å². The van der Waals surface area contributed by atoms with E-state index in [1.54, 1.807) is 10.9 Å². The maximum Gasteiger partial charge on any atom is 0.128 e. The fourth-order valence-corrected chi connectivity index (χ4v) is 2.00. The maximum absolute atomic E-state index is 9.95. The van der Waals surface area contributed by atoms with Crippen molar-refractivity contribution in [3.8, 4) is 5.75 Å². The molecule has 0 fully saturated rings. The van der Waals surface area contributed by atoms with E-state index in [1.165, 1.54) is 0 Å². The number of benzene rings is 1. The Balaban J connectivity index is 2.01. The minimum Gasteiger partial charge on any atom is -0.490 e. The van der Waals surface area contributed by atoms with E-state index in [0.717, 1.165) is 11.3 Å². The molecule has 1 aromatic heterocycles. The van der Waals surface area contributed by atoms with Crippen LogP contribution in [-0.2, 0) is 0 Å². The van der Waals surface area contributed by atoms with Gasteiger partial charge >= 0.3 is 0 Å². The second kappa shape index (κ2) is 7.77. The van der Waals surface area contributed by atoms with Crippen molar-refractivity contribution in [3.05, 3.63) is 54.9 Å². The highest BCUT2D eigenvalue weighted by molar-refractivity contribution is 5.68. The van der Waals surface area contributed by atoms with E-state index in [4.69, 9.17) is 4.74 Å². The molecule has 2 aromatic rings. The smallest absolute Gasteiger partial charge is 0.128 e. The lowest BCUT2D eigenvalue weighted by Gasteiger charge is -2.17. The maximum atomic E-state index is 9.95. The molecule has 1 unspecified atom stereocenters. The van der Waals surface area contributed by atoms with Gasteiger partial charge in [-0.05, 0) is 18.2 Å². The summed E-state index contributed by atoms with van der Waals surface area (Å²) in [4.78, 5) is 0. The molecule has 5 heteroatoms. The number of hydrogen-bond donors (Lipinski definition) is 2. The second-order valence-corrected chi connectivity index (χ2v) is 5.42. The minimum atomic E-state index is -0.562. The zero-order chi connectivity index (χ0) is 15.9. The van der Waals surface area contributed by atoms with E-state index in [9.17, 15) is 5.11 Å². The van der Waals surface area contributed by atoms with Crippen LogP contribution in [0.4, 0.5) is 0 Å². The number of rotatable bonds is 8. The van der Waals surface area contributed by atoms with Crippen molar-refractivity contribution in [2.24, 2.45) is 0 Å². The molecule has 0 bridgehead atoms. The molecule has 0 spiro atoms. The lowest BCUT2D eigenvalue weighted by molar-refractivity contribution is 0.104. The van der Waals surface area contributed by atoms with Gasteiger partial charge in [-0.1, -0.05) is 32.6 Å². The molecule has 0 radical (unpaired) electrons. The second-order valence-electron chi connectivity index (χ2n) is 5.42. The molecule has 0 amide bonds. The van der Waals surface area contributed by atoms with Gasteiger partial charge in [-0.2, -0.15) is 5.10 Å². The molecule has 118 valence electrons. The molecule has 1 aromatic carbocycles. The fourth-order valence-electron chi connectivity index (χ4n) is 2.00. The number of aromatic nitrogens is 2. The van der Waals surface area contributed by atoms with Gasteiger partial charge in [0.2, 0.25) is 0 Å². The molecule has 1 atom stereocenters. The summed E-state index contributed by atoms with van der Waals surface area (Å²) in [5, 5.41) is 17.3. The van der Waals surface area contributed by atoms with E-state index in [-0.39, 0.29) is 6.61 Å². The highest BCUT2D eigenvalue weighted by Crippen LogP contribution is 2.25. The molecule has 0 aliphatic carbocycles. The van der Waals surface area contributed by atoms with Crippen LogP contribution in [0.3, 0.4) is 0 Å². The predicted molar refractivity (Wildman–Crippen MR) is 87.7 cm³/mol. The zero-order valence-corrected chi connectivity index (χ0v) is 13.1. The third-order valence-corrected chi connectivity index (χ3v) is 3.17. The lowest BCUT2D eigenvalue weighted by Crippen LogP contribution is -2.35. The summed E-state index contributed by atoms with van der Waals surface area (Å²) >= 11 is 0. The molecule has 0 saturated carbocycles. The van der Waals surface area contributed by atoms with Crippen LogP contribution < -0.4 is 10.1 Å². The van der Waals surface area contributed by atoms with E-state index in [1.807, 2.05) is 50.4 Å². The van der Waals surface area contributed by atoms with Crippen molar-refractivity contribution in [2.75, 3.05) is 13.2 Å². The normalized spacial score (nSPS) is 12.4. The van der Waals surface area contributed by atoms with E-state index in [0.29, 0.717) is 18.3 Å². The third-order valence-electron chi connectivity index (χ3n) is 3.17. The van der Waals surface area contributed by atoms with Gasteiger partial charge in [0.05, 0.1) is 5.70 Å². The zero-order valence-electron chi connectivity index (χ0n) is 13.1. The van der Waals surface area contributed by atoms with Crippen LogP contribution in [0.5, 0.6) is 5.75 Å². The summed E-state index contributed by atoms with van der Waals surface area (Å²) in [5.74, 6) is 0.687. The summed E-state index contributed by atoms with van der Waals surface area (Å²) in [6.07, 6.45) is 2.98. The Morgan fingerprint density at radius 2 is 2.14 bits per heavy atom. The van der Waals surface area contributed by atoms with Gasteiger partial charge in [0.15, 0.2) is 0 Å². The van der Waals surface area contributed by atoms with Crippen molar-refractivity contribution in [2.45, 2.75) is 26.0 Å². The molecule has 2 rings (SSSR count). The van der Waals surface area contributed by atoms with Gasteiger partial charge in [-0.25, -0.2) is 4.68 Å². The van der Waals surface area contributed by atoms with Gasteiger partial charge in [0.25, 0.3) is 0 Å². The van der Waals surface area contributed by atoms with E-state index >= 15 is 0 Å². The first-order valence-corrected chi connectivity index (χ1v) is 7.40. The molecular formula is C17H23N3O2. The van der Waals surface area contributed by atoms with Crippen LogP contribution in [0.25, 0.3) is 5.70 Å². The number of nitrogens with one attached hydrogen (secondary N) is 1. The minimum absolute atomic E-state index is 0.225. The Labute approximate surface area is 131 Å². The van der Waals surface area contributed by atoms with Crippen LogP contribution in [-0.4, -0.2) is 40.2 Å². The SMILES string of the molecule is C=C(c1ccccc1OCC(O)CNC(C)C)n1cccn1. The molecule has 5 nitrogen and oxygen atoms in total. The highest BCUT2D eigenvalue weighted by Gasteiger charge is 2.11. The summed E-state index contributed by atoms with van der Waals surface area (Å²) in [6, 6.07) is 9.80. The quantitative estimate of drug-likeness (QED) is 0.784. The number of ether oxygens (including phenoxy) is 1. The van der Waals surface area contributed by atoms with Crippen LogP contribution in [0.15, 0.2) is 49.3 Å². The highest BCUT2D eigenvalue weighted by atomic mass is 16.5. The number of aliphatic hydroxyl groups is 1. The number of para-hydroxylation sites is 1. The molecule has 2 N–H and O–H groups in total. The molecule has 0 aliphatic rings. The summed E-state index contributed by atoms with van der Waals surface area (Å²) in [7, 11) is 0. The third kappa shape index (κ3) is 4.44. The molecule has 0 aliphatic heterocycles. The average Bonchev–Trinajstić information content (AvgIpc) is 3.05. The lowest BCUT2D eigenvalue weighted by atomic mass is 10.1. The van der Waals surface area contributed by atoms with Crippen molar-refractivity contribution < 1.29 is 9.84 Å². The predicted octanol–water partition coefficient (Wildman–Crippen LogP) is 2.14. The first kappa shape index (κ1) is 16.3. The number of nitrogens with zero attached hydrogens (tertiary/aromatic N) is 2. The van der Waals surface area contributed by atoms with Crippen molar-refractivity contribution in [1.82, 2.24) is 15.1 Å². The van der Waals surface area contributed by atoms with Crippen LogP contribution >= 0.6 is 0 Å². The van der Waals surface area contributed by atoms with Crippen molar-refractivity contribution in [1.29, 1.82) is 0 Å². The van der Waals surface area contributed by atoms with Gasteiger partial charge in [0, 0.05) is 30.5 Å². The first-order chi connectivity index (χ1) is 10.6. The Morgan fingerprint density at radius 1 is 1.36 bits per heavy atom. The Kier molecular flexibility index (Phi) is 5.75. The first-order valence-electron chi connectivity index (χ1n) is 7.40. The van der Waals surface area contributed by atoms with Crippen molar-refractivity contribution >= 4 is 5.70 Å². The topological polar surface area (TPSA) is 59.3 Å². The molecule has 0 saturated heterocycles. The van der Waals surface area contributed by atoms with Crippen LogP contribution in [0, 0.1) is 0 Å². The van der Waals surface area contributed by atoms with Gasteiger partial charge in [-0.3, -0.25) is 0 Å². The van der Waals surface area contributed by atoms with Crippen LogP contribution in [0.1, 0.15) is 19.4 Å². The summed E-state index contributed by atoms with van der Waals surface area (Å²) in [6.45, 7) is 8.86. The fraction of sp³-hybridized carbons (Fsp3) is 0.353. The standard InChI is InChI=1S/C17H23N3O2/c1-13(2)18-11-15(21)12-22-17-8-5-4-7-16(17)14(3)20-10-6-9-19-20/h4-10,13,15,18,21H,3,11-12H2,1-2H3. The number of aliphatic hydroxyl groups excluding tert-OH is 1. The number of hydrogen-bond acceptors (Lipinski definition) is 4. The average molecular weight is 301 g/mol. The Hall–Kier alpha value is -2.11. The Bertz CT molecular complexity index is 594. The van der Waals surface area contributed by atoms with E-state index < -0.39 is 6.10 Å². The summed E-state index contributed by atoms with van der Waals surface area (Å²) < 4.78 is 7.45. The molecule has 22 heavy (non-hydrogen) atoms. The van der Waals surface area contributed by atoms with Gasteiger partial charge in [-0.15, -0.1) is 0 Å².